The number of rotatable bonds is 4. The van der Waals surface area contributed by atoms with E-state index >= 15 is 0 Å². The fourth-order valence-electron chi connectivity index (χ4n) is 4.17. The monoisotopic (exact) mass is 471 g/mol. The van der Waals surface area contributed by atoms with Crippen LogP contribution in [0, 0.1) is 0 Å². The molecule has 1 atom stereocenters. The predicted molar refractivity (Wildman–Crippen MR) is 127 cm³/mol. The number of aromatic nitrogens is 1. The van der Waals surface area contributed by atoms with Crippen molar-refractivity contribution in [2.45, 2.75) is 13.0 Å². The van der Waals surface area contributed by atoms with E-state index in [2.05, 4.69) is 10.3 Å². The van der Waals surface area contributed by atoms with Gasteiger partial charge in [-0.3, -0.25) is 24.3 Å². The van der Waals surface area contributed by atoms with E-state index < -0.39 is 17.7 Å². The van der Waals surface area contributed by atoms with Crippen LogP contribution in [0.15, 0.2) is 72.4 Å². The Morgan fingerprint density at radius 2 is 1.77 bits per heavy atom. The van der Waals surface area contributed by atoms with E-state index in [0.29, 0.717) is 47.3 Å². The molecule has 2 amide bonds. The lowest BCUT2D eigenvalue weighted by Crippen LogP contribution is -2.29. The van der Waals surface area contributed by atoms with Crippen molar-refractivity contribution in [1.82, 2.24) is 4.98 Å². The van der Waals surface area contributed by atoms with Crippen LogP contribution in [0.5, 0.6) is 11.5 Å². The molecule has 0 bridgehead atoms. The first-order valence-electron chi connectivity index (χ1n) is 10.9. The van der Waals surface area contributed by atoms with Gasteiger partial charge >= 0.3 is 0 Å². The van der Waals surface area contributed by atoms with E-state index in [4.69, 9.17) is 9.47 Å². The second kappa shape index (κ2) is 8.94. The van der Waals surface area contributed by atoms with E-state index in [9.17, 15) is 19.5 Å². The summed E-state index contributed by atoms with van der Waals surface area (Å²) >= 11 is 0. The Balaban J connectivity index is 1.62. The van der Waals surface area contributed by atoms with Crippen LogP contribution in [0.2, 0.25) is 0 Å². The predicted octanol–water partition coefficient (Wildman–Crippen LogP) is 3.44. The number of hydrogen-bond donors (Lipinski definition) is 2. The molecule has 176 valence electrons. The molecule has 2 aliphatic rings. The molecule has 1 fully saturated rings. The van der Waals surface area contributed by atoms with E-state index in [0.717, 1.165) is 0 Å². The van der Waals surface area contributed by atoms with Gasteiger partial charge in [0.1, 0.15) is 25.0 Å². The third-order valence-corrected chi connectivity index (χ3v) is 5.69. The summed E-state index contributed by atoms with van der Waals surface area (Å²) in [7, 11) is 0. The quantitative estimate of drug-likeness (QED) is 0.340. The van der Waals surface area contributed by atoms with Crippen molar-refractivity contribution < 1.29 is 29.0 Å². The molecule has 2 aliphatic heterocycles. The number of pyridine rings is 1. The molecule has 0 saturated carbocycles. The Kier molecular flexibility index (Phi) is 5.66. The van der Waals surface area contributed by atoms with Gasteiger partial charge in [0, 0.05) is 30.1 Å². The number of anilines is 2. The first kappa shape index (κ1) is 22.1. The summed E-state index contributed by atoms with van der Waals surface area (Å²) in [6.45, 7) is 2.18. The average Bonchev–Trinajstić information content (AvgIpc) is 3.14. The summed E-state index contributed by atoms with van der Waals surface area (Å²) < 4.78 is 11.1. The Hall–Kier alpha value is -4.66. The van der Waals surface area contributed by atoms with Gasteiger partial charge in [0.15, 0.2) is 11.5 Å². The number of aliphatic hydroxyl groups excluding tert-OH is 1. The van der Waals surface area contributed by atoms with Crippen LogP contribution in [0.1, 0.15) is 24.2 Å². The minimum absolute atomic E-state index is 0.0867. The molecule has 1 unspecified atom stereocenters. The van der Waals surface area contributed by atoms with Gasteiger partial charge in [-0.25, -0.2) is 0 Å². The Labute approximate surface area is 200 Å². The molecule has 2 N–H and O–H groups in total. The summed E-state index contributed by atoms with van der Waals surface area (Å²) in [5.41, 5.74) is 1.60. The van der Waals surface area contributed by atoms with Crippen LogP contribution in [0.25, 0.3) is 5.76 Å². The van der Waals surface area contributed by atoms with Crippen molar-refractivity contribution in [2.24, 2.45) is 0 Å². The molecule has 0 radical (unpaired) electrons. The Bertz CT molecular complexity index is 1350. The van der Waals surface area contributed by atoms with Crippen molar-refractivity contribution in [3.05, 3.63) is 83.7 Å². The number of ether oxygens (including phenoxy) is 2. The zero-order valence-corrected chi connectivity index (χ0v) is 18.7. The van der Waals surface area contributed by atoms with Gasteiger partial charge in [0.2, 0.25) is 5.91 Å². The van der Waals surface area contributed by atoms with Crippen LogP contribution < -0.4 is 19.7 Å². The molecule has 0 aliphatic carbocycles. The SMILES string of the molecule is CC(=O)Nc1ccc(N2C(=O)C(=O)/C(=C(\O)c3ccc4c(c3)OCCO4)C2c2ccccn2)cc1. The van der Waals surface area contributed by atoms with Gasteiger partial charge in [-0.05, 0) is 54.6 Å². The molecular formula is C26H21N3O6. The molecule has 3 heterocycles. The minimum atomic E-state index is -0.962. The maximum absolute atomic E-state index is 13.2. The molecule has 1 saturated heterocycles. The summed E-state index contributed by atoms with van der Waals surface area (Å²) in [5.74, 6) is -1.23. The smallest absolute Gasteiger partial charge is 0.300 e. The highest BCUT2D eigenvalue weighted by atomic mass is 16.6. The zero-order valence-electron chi connectivity index (χ0n) is 18.7. The zero-order chi connectivity index (χ0) is 24.5. The van der Waals surface area contributed by atoms with E-state index in [1.165, 1.54) is 11.8 Å². The molecule has 9 nitrogen and oxygen atoms in total. The number of nitrogens with zero attached hydrogens (tertiary/aromatic N) is 2. The third-order valence-electron chi connectivity index (χ3n) is 5.69. The first-order chi connectivity index (χ1) is 16.9. The maximum Gasteiger partial charge on any atom is 0.300 e. The molecule has 35 heavy (non-hydrogen) atoms. The fourth-order valence-corrected chi connectivity index (χ4v) is 4.17. The normalized spacial score (nSPS) is 18.4. The van der Waals surface area contributed by atoms with Crippen LogP contribution >= 0.6 is 0 Å². The number of carbonyl (C=O) groups is 3. The second-order valence-corrected chi connectivity index (χ2v) is 8.01. The highest BCUT2D eigenvalue weighted by Gasteiger charge is 2.47. The number of benzene rings is 2. The lowest BCUT2D eigenvalue weighted by Gasteiger charge is -2.25. The molecular weight excluding hydrogens is 450 g/mol. The third kappa shape index (κ3) is 4.08. The van der Waals surface area contributed by atoms with Crippen molar-refractivity contribution in [2.75, 3.05) is 23.4 Å². The minimum Gasteiger partial charge on any atom is -0.507 e. The molecule has 9 heteroatoms. The van der Waals surface area contributed by atoms with Gasteiger partial charge in [0.25, 0.3) is 11.7 Å². The maximum atomic E-state index is 13.2. The van der Waals surface area contributed by atoms with E-state index in [-0.39, 0.29) is 17.2 Å². The van der Waals surface area contributed by atoms with Gasteiger partial charge in [-0.2, -0.15) is 0 Å². The highest BCUT2D eigenvalue weighted by Crippen LogP contribution is 2.42. The van der Waals surface area contributed by atoms with E-state index in [1.807, 2.05) is 0 Å². The summed E-state index contributed by atoms with van der Waals surface area (Å²) in [5, 5.41) is 13.9. The number of aliphatic hydroxyl groups is 1. The summed E-state index contributed by atoms with van der Waals surface area (Å²) in [6, 6.07) is 15.5. The number of amides is 2. The number of carbonyl (C=O) groups excluding carboxylic acids is 3. The van der Waals surface area contributed by atoms with Gasteiger partial charge in [-0.15, -0.1) is 0 Å². The first-order valence-corrected chi connectivity index (χ1v) is 10.9. The molecule has 0 spiro atoms. The summed E-state index contributed by atoms with van der Waals surface area (Å²) in [6.07, 6.45) is 1.55. The average molecular weight is 471 g/mol. The number of nitrogens with one attached hydrogen (secondary N) is 1. The van der Waals surface area contributed by atoms with Crippen molar-refractivity contribution in [3.63, 3.8) is 0 Å². The van der Waals surface area contributed by atoms with Crippen LogP contribution in [-0.2, 0) is 14.4 Å². The Morgan fingerprint density at radius 1 is 1.03 bits per heavy atom. The Morgan fingerprint density at radius 3 is 2.46 bits per heavy atom. The van der Waals surface area contributed by atoms with Gasteiger partial charge < -0.3 is 19.9 Å². The number of hydrogen-bond acceptors (Lipinski definition) is 7. The van der Waals surface area contributed by atoms with Crippen LogP contribution in [-0.4, -0.2) is 40.9 Å². The van der Waals surface area contributed by atoms with Crippen molar-refractivity contribution >= 4 is 34.7 Å². The lowest BCUT2D eigenvalue weighted by molar-refractivity contribution is -0.132. The number of ketones is 1. The molecule has 5 rings (SSSR count). The van der Waals surface area contributed by atoms with Crippen molar-refractivity contribution in [3.8, 4) is 11.5 Å². The van der Waals surface area contributed by atoms with Gasteiger partial charge in [-0.1, -0.05) is 6.07 Å². The molecule has 3 aromatic rings. The van der Waals surface area contributed by atoms with E-state index in [1.54, 1.807) is 66.9 Å². The lowest BCUT2D eigenvalue weighted by atomic mass is 9.98. The topological polar surface area (TPSA) is 118 Å². The van der Waals surface area contributed by atoms with Crippen LogP contribution in [0.4, 0.5) is 11.4 Å². The molecule has 1 aromatic heterocycles. The van der Waals surface area contributed by atoms with Crippen LogP contribution in [0.3, 0.4) is 0 Å². The fraction of sp³-hybridized carbons (Fsp3) is 0.154. The molecule has 2 aromatic carbocycles. The van der Waals surface area contributed by atoms with Crippen molar-refractivity contribution in [1.29, 1.82) is 0 Å². The standard InChI is InChI=1S/C26H21N3O6/c1-15(30)28-17-6-8-18(9-7-17)29-23(19-4-2-3-11-27-19)22(25(32)26(29)33)24(31)16-5-10-20-21(14-16)35-13-12-34-20/h2-11,14,23,31H,12-13H2,1H3,(H,28,30)/b24-22-. The highest BCUT2D eigenvalue weighted by molar-refractivity contribution is 6.51. The largest absolute Gasteiger partial charge is 0.507 e. The number of fused-ring (bicyclic) bond motifs is 1. The number of Topliss-reactive ketones (excluding diaryl/α,β-unsaturated/α-hetero) is 1. The summed E-state index contributed by atoms with van der Waals surface area (Å²) in [4.78, 5) is 43.5. The van der Waals surface area contributed by atoms with Gasteiger partial charge in [0.05, 0.1) is 11.3 Å². The second-order valence-electron chi connectivity index (χ2n) is 8.01.